The Kier molecular flexibility index (Phi) is 4.23. The van der Waals surface area contributed by atoms with E-state index in [0.29, 0.717) is 11.4 Å². The summed E-state index contributed by atoms with van der Waals surface area (Å²) in [7, 11) is 0. The van der Waals surface area contributed by atoms with Crippen molar-refractivity contribution in [2.45, 2.75) is 18.3 Å². The largest absolute Gasteiger partial charge is 0.498 e. The molecule has 0 aromatic rings. The van der Waals surface area contributed by atoms with Gasteiger partial charge in [0.25, 0.3) is 0 Å². The van der Waals surface area contributed by atoms with Crippen LogP contribution in [0.3, 0.4) is 0 Å². The van der Waals surface area contributed by atoms with Gasteiger partial charge in [-0.1, -0.05) is 6.58 Å². The average molecular weight is 190 g/mol. The van der Waals surface area contributed by atoms with E-state index in [4.69, 9.17) is 4.74 Å². The van der Waals surface area contributed by atoms with Crippen molar-refractivity contribution in [2.75, 3.05) is 17.3 Å². The molecule has 0 N–H and O–H groups in total. The highest BCUT2D eigenvalue weighted by Crippen LogP contribution is 2.27. The quantitative estimate of drug-likeness (QED) is 0.632. The molecule has 1 aliphatic rings. The van der Waals surface area contributed by atoms with Gasteiger partial charge in [-0.3, -0.25) is 0 Å². The SMILES string of the molecule is C=COC(C)C1CSCCS1. The lowest BCUT2D eigenvalue weighted by atomic mass is 10.3. The van der Waals surface area contributed by atoms with Crippen LogP contribution in [-0.4, -0.2) is 28.6 Å². The van der Waals surface area contributed by atoms with Crippen LogP contribution >= 0.6 is 23.5 Å². The molecular formula is C8H14OS2. The van der Waals surface area contributed by atoms with E-state index in [0.717, 1.165) is 0 Å². The van der Waals surface area contributed by atoms with E-state index >= 15 is 0 Å². The fourth-order valence-electron chi connectivity index (χ4n) is 1.02. The summed E-state index contributed by atoms with van der Waals surface area (Å²) in [5.74, 6) is 3.78. The van der Waals surface area contributed by atoms with Crippen molar-refractivity contribution >= 4 is 23.5 Å². The Morgan fingerprint density at radius 2 is 2.45 bits per heavy atom. The molecule has 0 aromatic heterocycles. The smallest absolute Gasteiger partial charge is 0.108 e. The van der Waals surface area contributed by atoms with E-state index in [-0.39, 0.29) is 0 Å². The molecule has 0 bridgehead atoms. The molecule has 0 aromatic carbocycles. The number of thioether (sulfide) groups is 2. The summed E-state index contributed by atoms with van der Waals surface area (Å²) < 4.78 is 5.31. The van der Waals surface area contributed by atoms with E-state index in [9.17, 15) is 0 Å². The molecule has 2 atom stereocenters. The zero-order chi connectivity index (χ0) is 8.10. The first-order chi connectivity index (χ1) is 5.34. The van der Waals surface area contributed by atoms with Crippen molar-refractivity contribution in [2.24, 2.45) is 0 Å². The molecule has 1 rings (SSSR count). The average Bonchev–Trinajstić information content (AvgIpc) is 2.07. The first-order valence-corrected chi connectivity index (χ1v) is 6.00. The zero-order valence-electron chi connectivity index (χ0n) is 6.79. The number of ether oxygens (including phenoxy) is 1. The van der Waals surface area contributed by atoms with E-state index in [2.05, 4.69) is 13.5 Å². The lowest BCUT2D eigenvalue weighted by molar-refractivity contribution is 0.165. The van der Waals surface area contributed by atoms with Gasteiger partial charge in [0, 0.05) is 17.3 Å². The van der Waals surface area contributed by atoms with Gasteiger partial charge in [0.05, 0.1) is 11.5 Å². The molecule has 1 saturated heterocycles. The molecule has 0 aliphatic carbocycles. The van der Waals surface area contributed by atoms with Crippen LogP contribution in [-0.2, 0) is 4.74 Å². The fourth-order valence-corrected chi connectivity index (χ4v) is 3.85. The van der Waals surface area contributed by atoms with Gasteiger partial charge in [-0.25, -0.2) is 0 Å². The molecule has 2 unspecified atom stereocenters. The second-order valence-electron chi connectivity index (χ2n) is 2.49. The van der Waals surface area contributed by atoms with Gasteiger partial charge in [-0.2, -0.15) is 23.5 Å². The second-order valence-corrected chi connectivity index (χ2v) is 4.99. The summed E-state index contributed by atoms with van der Waals surface area (Å²) in [5, 5.41) is 0.659. The van der Waals surface area contributed by atoms with E-state index in [1.165, 1.54) is 17.3 Å². The highest BCUT2D eigenvalue weighted by Gasteiger charge is 2.20. The van der Waals surface area contributed by atoms with Crippen LogP contribution in [0.15, 0.2) is 12.8 Å². The number of hydrogen-bond acceptors (Lipinski definition) is 3. The van der Waals surface area contributed by atoms with Crippen molar-refractivity contribution in [1.29, 1.82) is 0 Å². The standard InChI is InChI=1S/C8H14OS2/c1-3-9-7(2)8-6-10-4-5-11-8/h3,7-8H,1,4-6H2,2H3. The van der Waals surface area contributed by atoms with E-state index in [1.54, 1.807) is 6.26 Å². The normalized spacial score (nSPS) is 27.5. The summed E-state index contributed by atoms with van der Waals surface area (Å²) in [6.45, 7) is 5.67. The van der Waals surface area contributed by atoms with Crippen molar-refractivity contribution in [3.63, 3.8) is 0 Å². The summed E-state index contributed by atoms with van der Waals surface area (Å²) in [6, 6.07) is 0. The van der Waals surface area contributed by atoms with Crippen LogP contribution < -0.4 is 0 Å². The van der Waals surface area contributed by atoms with Gasteiger partial charge in [-0.05, 0) is 6.92 Å². The Labute approximate surface area is 77.0 Å². The Bertz CT molecular complexity index is 121. The molecule has 11 heavy (non-hydrogen) atoms. The van der Waals surface area contributed by atoms with Gasteiger partial charge >= 0.3 is 0 Å². The third-order valence-corrected chi connectivity index (χ3v) is 4.65. The van der Waals surface area contributed by atoms with Gasteiger partial charge in [-0.15, -0.1) is 0 Å². The first kappa shape index (κ1) is 9.33. The van der Waals surface area contributed by atoms with Crippen molar-refractivity contribution in [3.8, 4) is 0 Å². The van der Waals surface area contributed by atoms with Crippen LogP contribution in [0.25, 0.3) is 0 Å². The van der Waals surface area contributed by atoms with Crippen molar-refractivity contribution in [1.82, 2.24) is 0 Å². The lowest BCUT2D eigenvalue weighted by Gasteiger charge is -2.25. The lowest BCUT2D eigenvalue weighted by Crippen LogP contribution is -2.27. The van der Waals surface area contributed by atoms with Gasteiger partial charge in [0.1, 0.15) is 6.10 Å². The van der Waals surface area contributed by atoms with E-state index < -0.39 is 0 Å². The molecular weight excluding hydrogens is 176 g/mol. The second kappa shape index (κ2) is 4.99. The van der Waals surface area contributed by atoms with E-state index in [1.807, 2.05) is 23.5 Å². The molecule has 1 fully saturated rings. The molecule has 1 nitrogen and oxygen atoms in total. The maximum atomic E-state index is 5.31. The van der Waals surface area contributed by atoms with Gasteiger partial charge in [0.15, 0.2) is 0 Å². The third-order valence-electron chi connectivity index (χ3n) is 1.68. The molecule has 0 radical (unpaired) electrons. The first-order valence-electron chi connectivity index (χ1n) is 3.80. The van der Waals surface area contributed by atoms with Crippen LogP contribution in [0.1, 0.15) is 6.92 Å². The Morgan fingerprint density at radius 3 is 3.00 bits per heavy atom. The predicted molar refractivity (Wildman–Crippen MR) is 54.3 cm³/mol. The Balaban J connectivity index is 2.26. The highest BCUT2D eigenvalue weighted by molar-refractivity contribution is 8.06. The van der Waals surface area contributed by atoms with Crippen LogP contribution in [0, 0.1) is 0 Å². The molecule has 0 amide bonds. The minimum absolute atomic E-state index is 0.324. The minimum atomic E-state index is 0.324. The van der Waals surface area contributed by atoms with Crippen molar-refractivity contribution in [3.05, 3.63) is 12.8 Å². The molecule has 1 aliphatic heterocycles. The maximum absolute atomic E-state index is 5.31. The number of rotatable bonds is 3. The summed E-state index contributed by atoms with van der Waals surface area (Å²) in [6.07, 6.45) is 1.87. The molecule has 1 heterocycles. The summed E-state index contributed by atoms with van der Waals surface area (Å²) >= 11 is 4.04. The van der Waals surface area contributed by atoms with Crippen LogP contribution in [0.2, 0.25) is 0 Å². The zero-order valence-corrected chi connectivity index (χ0v) is 8.42. The highest BCUT2D eigenvalue weighted by atomic mass is 32.2. The topological polar surface area (TPSA) is 9.23 Å². The van der Waals surface area contributed by atoms with Gasteiger partial charge < -0.3 is 4.74 Å². The number of hydrogen-bond donors (Lipinski definition) is 0. The molecule has 64 valence electrons. The van der Waals surface area contributed by atoms with Crippen LogP contribution in [0.4, 0.5) is 0 Å². The predicted octanol–water partition coefficient (Wildman–Crippen LogP) is 2.38. The molecule has 0 saturated carbocycles. The van der Waals surface area contributed by atoms with Gasteiger partial charge in [0.2, 0.25) is 0 Å². The summed E-state index contributed by atoms with van der Waals surface area (Å²) in [5.41, 5.74) is 0. The fraction of sp³-hybridized carbons (Fsp3) is 0.750. The van der Waals surface area contributed by atoms with Crippen LogP contribution in [0.5, 0.6) is 0 Å². The van der Waals surface area contributed by atoms with Crippen molar-refractivity contribution < 1.29 is 4.74 Å². The summed E-state index contributed by atoms with van der Waals surface area (Å²) in [4.78, 5) is 0. The maximum Gasteiger partial charge on any atom is 0.108 e. The Hall–Kier alpha value is 0.240. The Morgan fingerprint density at radius 1 is 1.64 bits per heavy atom. The minimum Gasteiger partial charge on any atom is -0.498 e. The molecule has 3 heteroatoms. The third kappa shape index (κ3) is 2.99. The monoisotopic (exact) mass is 190 g/mol. The molecule has 0 spiro atoms.